The number of carbonyl (C=O) groups is 1. The fourth-order valence-corrected chi connectivity index (χ4v) is 3.56. The van der Waals surface area contributed by atoms with Gasteiger partial charge in [0, 0.05) is 38.6 Å². The van der Waals surface area contributed by atoms with Gasteiger partial charge in [-0.1, -0.05) is 0 Å². The second-order valence-corrected chi connectivity index (χ2v) is 7.09. The van der Waals surface area contributed by atoms with Crippen LogP contribution in [0.15, 0.2) is 24.5 Å². The van der Waals surface area contributed by atoms with Crippen LogP contribution in [0, 0.1) is 0 Å². The maximum Gasteiger partial charge on any atom is 0.304 e. The fourth-order valence-electron chi connectivity index (χ4n) is 1.98. The number of carboxylic acid groups (broad SMARTS) is 1. The minimum Gasteiger partial charge on any atom is -0.481 e. The van der Waals surface area contributed by atoms with E-state index >= 15 is 0 Å². The quantitative estimate of drug-likeness (QED) is 0.763. The van der Waals surface area contributed by atoms with E-state index in [-0.39, 0.29) is 25.6 Å². The Morgan fingerprint density at radius 1 is 1.38 bits per heavy atom. The zero-order valence-corrected chi connectivity index (χ0v) is 12.7. The standard InChI is InChI=1S/C13H19N3O4S/c1-15(9-6-13(17)18)21(19,20)16(12-2-3-12)10-11-4-7-14-8-5-11/h4-5,7-8,12H,2-3,6,9-10H2,1H3,(H,17,18). The molecular weight excluding hydrogens is 294 g/mol. The summed E-state index contributed by atoms with van der Waals surface area (Å²) in [6, 6.07) is 3.57. The second kappa shape index (κ2) is 6.50. The van der Waals surface area contributed by atoms with Gasteiger partial charge in [-0.15, -0.1) is 0 Å². The molecule has 1 aromatic heterocycles. The molecule has 1 fully saturated rings. The molecule has 8 heteroatoms. The number of carboxylic acids is 1. The SMILES string of the molecule is CN(CCC(=O)O)S(=O)(=O)N(Cc1ccncc1)C1CC1. The average Bonchev–Trinajstić information content (AvgIpc) is 3.27. The zero-order valence-electron chi connectivity index (χ0n) is 11.8. The smallest absolute Gasteiger partial charge is 0.304 e. The van der Waals surface area contributed by atoms with E-state index in [0.717, 1.165) is 22.7 Å². The summed E-state index contributed by atoms with van der Waals surface area (Å²) in [6.45, 7) is 0.254. The number of pyridine rings is 1. The summed E-state index contributed by atoms with van der Waals surface area (Å²) in [5.41, 5.74) is 0.868. The lowest BCUT2D eigenvalue weighted by Gasteiger charge is -2.27. The van der Waals surface area contributed by atoms with Crippen LogP contribution < -0.4 is 0 Å². The van der Waals surface area contributed by atoms with E-state index in [0.29, 0.717) is 0 Å². The number of nitrogens with zero attached hydrogens (tertiary/aromatic N) is 3. The molecule has 7 nitrogen and oxygen atoms in total. The number of aromatic nitrogens is 1. The Morgan fingerprint density at radius 2 is 2.00 bits per heavy atom. The average molecular weight is 313 g/mol. The van der Waals surface area contributed by atoms with Crippen LogP contribution >= 0.6 is 0 Å². The highest BCUT2D eigenvalue weighted by atomic mass is 32.2. The Hall–Kier alpha value is -1.51. The van der Waals surface area contributed by atoms with Crippen molar-refractivity contribution in [1.29, 1.82) is 0 Å². The Kier molecular flexibility index (Phi) is 4.92. The fraction of sp³-hybridized carbons (Fsp3) is 0.538. The highest BCUT2D eigenvalue weighted by Crippen LogP contribution is 2.31. The minimum absolute atomic E-state index is 0.00967. The first-order chi connectivity index (χ1) is 9.91. The lowest BCUT2D eigenvalue weighted by Crippen LogP contribution is -2.43. The normalized spacial score (nSPS) is 15.6. The van der Waals surface area contributed by atoms with Gasteiger partial charge in [-0.05, 0) is 30.5 Å². The molecule has 0 amide bonds. The minimum atomic E-state index is -3.65. The molecular formula is C13H19N3O4S. The van der Waals surface area contributed by atoms with Crippen molar-refractivity contribution in [3.8, 4) is 0 Å². The van der Waals surface area contributed by atoms with Gasteiger partial charge in [0.25, 0.3) is 10.2 Å². The summed E-state index contributed by atoms with van der Waals surface area (Å²) in [5, 5.41) is 8.68. The number of hydrogen-bond donors (Lipinski definition) is 1. The van der Waals surface area contributed by atoms with E-state index in [1.807, 2.05) is 0 Å². The molecule has 1 saturated carbocycles. The molecule has 0 radical (unpaired) electrons. The Balaban J connectivity index is 2.11. The monoisotopic (exact) mass is 313 g/mol. The van der Waals surface area contributed by atoms with Crippen LogP contribution in [-0.2, 0) is 21.5 Å². The summed E-state index contributed by atoms with van der Waals surface area (Å²) in [7, 11) is -2.23. The predicted molar refractivity (Wildman–Crippen MR) is 76.6 cm³/mol. The van der Waals surface area contributed by atoms with Gasteiger partial charge < -0.3 is 5.11 Å². The zero-order chi connectivity index (χ0) is 15.5. The van der Waals surface area contributed by atoms with Crippen molar-refractivity contribution < 1.29 is 18.3 Å². The molecule has 1 aromatic rings. The van der Waals surface area contributed by atoms with Gasteiger partial charge in [0.2, 0.25) is 0 Å². The molecule has 0 unspecified atom stereocenters. The topological polar surface area (TPSA) is 90.8 Å². The van der Waals surface area contributed by atoms with Crippen molar-refractivity contribution in [3.05, 3.63) is 30.1 Å². The molecule has 0 aromatic carbocycles. The molecule has 1 heterocycles. The van der Waals surface area contributed by atoms with Crippen molar-refractivity contribution in [1.82, 2.24) is 13.6 Å². The predicted octanol–water partition coefficient (Wildman–Crippen LogP) is 0.697. The van der Waals surface area contributed by atoms with E-state index in [2.05, 4.69) is 4.98 Å². The molecule has 0 aliphatic heterocycles. The van der Waals surface area contributed by atoms with Crippen molar-refractivity contribution in [3.63, 3.8) is 0 Å². The Labute approximate surface area is 124 Å². The molecule has 0 bridgehead atoms. The molecule has 1 aliphatic carbocycles. The maximum atomic E-state index is 12.6. The molecule has 1 N–H and O–H groups in total. The van der Waals surface area contributed by atoms with Crippen LogP contribution in [0.25, 0.3) is 0 Å². The van der Waals surface area contributed by atoms with Crippen LogP contribution in [0.2, 0.25) is 0 Å². The molecule has 2 rings (SSSR count). The third-order valence-corrected chi connectivity index (χ3v) is 5.36. The van der Waals surface area contributed by atoms with Gasteiger partial charge in [-0.25, -0.2) is 0 Å². The van der Waals surface area contributed by atoms with Gasteiger partial charge in [0.1, 0.15) is 0 Å². The second-order valence-electron chi connectivity index (χ2n) is 5.10. The summed E-state index contributed by atoms with van der Waals surface area (Å²) in [4.78, 5) is 14.5. The van der Waals surface area contributed by atoms with Crippen LogP contribution in [0.5, 0.6) is 0 Å². The van der Waals surface area contributed by atoms with E-state index in [1.165, 1.54) is 11.4 Å². The van der Waals surface area contributed by atoms with E-state index in [9.17, 15) is 13.2 Å². The Bertz CT molecular complexity index is 587. The van der Waals surface area contributed by atoms with Crippen molar-refractivity contribution in [2.45, 2.75) is 31.8 Å². The molecule has 116 valence electrons. The summed E-state index contributed by atoms with van der Waals surface area (Å²) >= 11 is 0. The number of aliphatic carboxylic acids is 1. The van der Waals surface area contributed by atoms with Crippen LogP contribution in [0.1, 0.15) is 24.8 Å². The third kappa shape index (κ3) is 4.23. The van der Waals surface area contributed by atoms with Crippen molar-refractivity contribution >= 4 is 16.2 Å². The van der Waals surface area contributed by atoms with Crippen molar-refractivity contribution in [2.75, 3.05) is 13.6 Å². The van der Waals surface area contributed by atoms with E-state index in [1.54, 1.807) is 24.5 Å². The summed E-state index contributed by atoms with van der Waals surface area (Å²) in [5.74, 6) is -1.01. The van der Waals surface area contributed by atoms with Crippen molar-refractivity contribution in [2.24, 2.45) is 0 Å². The molecule has 0 atom stereocenters. The molecule has 0 spiro atoms. The van der Waals surface area contributed by atoms with E-state index in [4.69, 9.17) is 5.11 Å². The highest BCUT2D eigenvalue weighted by molar-refractivity contribution is 7.86. The number of rotatable bonds is 8. The van der Waals surface area contributed by atoms with Gasteiger partial charge in [0.15, 0.2) is 0 Å². The molecule has 0 saturated heterocycles. The first-order valence-corrected chi connectivity index (χ1v) is 8.15. The van der Waals surface area contributed by atoms with Crippen LogP contribution in [0.3, 0.4) is 0 Å². The van der Waals surface area contributed by atoms with Gasteiger partial charge in [-0.3, -0.25) is 9.78 Å². The lowest BCUT2D eigenvalue weighted by molar-refractivity contribution is -0.137. The van der Waals surface area contributed by atoms with Gasteiger partial charge >= 0.3 is 5.97 Å². The van der Waals surface area contributed by atoms with Gasteiger partial charge in [0.05, 0.1) is 6.42 Å². The van der Waals surface area contributed by atoms with Gasteiger partial charge in [-0.2, -0.15) is 17.0 Å². The third-order valence-electron chi connectivity index (χ3n) is 3.37. The maximum absolute atomic E-state index is 12.6. The number of hydrogen-bond acceptors (Lipinski definition) is 4. The largest absolute Gasteiger partial charge is 0.481 e. The lowest BCUT2D eigenvalue weighted by atomic mass is 10.3. The summed E-state index contributed by atoms with van der Waals surface area (Å²) in [6.07, 6.45) is 4.74. The van der Waals surface area contributed by atoms with Crippen LogP contribution in [-0.4, -0.2) is 52.7 Å². The first kappa shape index (κ1) is 15.9. The molecule has 21 heavy (non-hydrogen) atoms. The van der Waals surface area contributed by atoms with E-state index < -0.39 is 16.2 Å². The summed E-state index contributed by atoms with van der Waals surface area (Å²) < 4.78 is 27.7. The Morgan fingerprint density at radius 3 is 2.52 bits per heavy atom. The van der Waals surface area contributed by atoms with Crippen LogP contribution in [0.4, 0.5) is 0 Å². The highest BCUT2D eigenvalue weighted by Gasteiger charge is 2.39. The first-order valence-electron chi connectivity index (χ1n) is 6.75. The molecule has 1 aliphatic rings.